The molecule has 1 aromatic rings. The van der Waals surface area contributed by atoms with Crippen LogP contribution in [0.3, 0.4) is 0 Å². The molecule has 2 atom stereocenters. The number of nitrogens with two attached hydrogens (primary N) is 1. The summed E-state index contributed by atoms with van der Waals surface area (Å²) < 4.78 is 0. The third-order valence-corrected chi connectivity index (χ3v) is 4.00. The first-order valence-corrected chi connectivity index (χ1v) is 5.76. The number of hydrogen-bond acceptors (Lipinski definition) is 3. The van der Waals surface area contributed by atoms with Gasteiger partial charge in [-0.1, -0.05) is 13.8 Å². The number of nitrogen functional groups attached to an aromatic ring is 1. The summed E-state index contributed by atoms with van der Waals surface area (Å²) in [7, 11) is 0. The quantitative estimate of drug-likeness (QED) is 0.709. The van der Waals surface area contributed by atoms with E-state index in [1.807, 2.05) is 0 Å². The highest BCUT2D eigenvalue weighted by atomic mass is 32.1. The third kappa shape index (κ3) is 1.31. The molecule has 2 rings (SSSR count). The highest BCUT2D eigenvalue weighted by molar-refractivity contribution is 7.16. The predicted molar refractivity (Wildman–Crippen MR) is 59.3 cm³/mol. The molecule has 0 aliphatic heterocycles. The molecule has 0 unspecified atom stereocenters. The third-order valence-electron chi connectivity index (χ3n) is 2.94. The van der Waals surface area contributed by atoms with Gasteiger partial charge in [-0.25, -0.2) is 0 Å². The van der Waals surface area contributed by atoms with Gasteiger partial charge in [0, 0.05) is 4.88 Å². The molecule has 0 aromatic carbocycles. The lowest BCUT2D eigenvalue weighted by Gasteiger charge is -2.24. The van der Waals surface area contributed by atoms with Gasteiger partial charge in [0.1, 0.15) is 11.1 Å². The molecule has 74 valence electrons. The zero-order valence-corrected chi connectivity index (χ0v) is 9.32. The maximum atomic E-state index is 9.02. The zero-order chi connectivity index (χ0) is 10.3. The highest BCUT2D eigenvalue weighted by Gasteiger charge is 2.27. The summed E-state index contributed by atoms with van der Waals surface area (Å²) >= 11 is 1.60. The van der Waals surface area contributed by atoms with Gasteiger partial charge in [0.15, 0.2) is 0 Å². The Hall–Kier alpha value is -1.01. The van der Waals surface area contributed by atoms with E-state index in [1.165, 1.54) is 16.9 Å². The van der Waals surface area contributed by atoms with Crippen molar-refractivity contribution in [2.24, 2.45) is 5.92 Å². The molecular formula is C11H14N2S. The van der Waals surface area contributed by atoms with Gasteiger partial charge in [0.05, 0.1) is 5.56 Å². The van der Waals surface area contributed by atoms with Gasteiger partial charge in [-0.2, -0.15) is 5.26 Å². The first-order valence-electron chi connectivity index (χ1n) is 4.94. The minimum Gasteiger partial charge on any atom is -0.389 e. The molecule has 0 bridgehead atoms. The van der Waals surface area contributed by atoms with Crippen LogP contribution in [0.15, 0.2) is 0 Å². The van der Waals surface area contributed by atoms with Crippen LogP contribution in [0.4, 0.5) is 5.00 Å². The number of rotatable bonds is 0. The van der Waals surface area contributed by atoms with Crippen LogP contribution in [0, 0.1) is 17.2 Å². The SMILES string of the molecule is C[C@H]1Cc2sc(N)c(C#N)c2[C@@H](C)C1. The Kier molecular flexibility index (Phi) is 2.24. The molecule has 1 heterocycles. The van der Waals surface area contributed by atoms with Crippen molar-refractivity contribution in [1.82, 2.24) is 0 Å². The van der Waals surface area contributed by atoms with Crippen LogP contribution in [-0.2, 0) is 6.42 Å². The lowest BCUT2D eigenvalue weighted by atomic mass is 9.81. The van der Waals surface area contributed by atoms with Crippen molar-refractivity contribution in [2.75, 3.05) is 5.73 Å². The van der Waals surface area contributed by atoms with Crippen LogP contribution in [0.2, 0.25) is 0 Å². The van der Waals surface area contributed by atoms with E-state index in [-0.39, 0.29) is 0 Å². The first kappa shape index (κ1) is 9.54. The maximum Gasteiger partial charge on any atom is 0.104 e. The van der Waals surface area contributed by atoms with E-state index in [0.29, 0.717) is 10.9 Å². The molecule has 3 heteroatoms. The van der Waals surface area contributed by atoms with Crippen LogP contribution < -0.4 is 5.73 Å². The summed E-state index contributed by atoms with van der Waals surface area (Å²) in [6.07, 6.45) is 2.27. The normalized spacial score (nSPS) is 25.5. The molecule has 2 N–H and O–H groups in total. The van der Waals surface area contributed by atoms with E-state index in [4.69, 9.17) is 11.0 Å². The summed E-state index contributed by atoms with van der Waals surface area (Å²) in [5, 5.41) is 9.73. The molecule has 0 spiro atoms. The van der Waals surface area contributed by atoms with Crippen molar-refractivity contribution >= 4 is 16.3 Å². The van der Waals surface area contributed by atoms with Crippen molar-refractivity contribution in [3.63, 3.8) is 0 Å². The van der Waals surface area contributed by atoms with Crippen molar-refractivity contribution in [3.05, 3.63) is 16.0 Å². The Morgan fingerprint density at radius 3 is 2.86 bits per heavy atom. The van der Waals surface area contributed by atoms with Crippen molar-refractivity contribution in [3.8, 4) is 6.07 Å². The summed E-state index contributed by atoms with van der Waals surface area (Å²) in [6.45, 7) is 4.46. The fraction of sp³-hybridized carbons (Fsp3) is 0.545. The standard InChI is InChI=1S/C11H14N2S/c1-6-3-7(2)10-8(5-12)11(13)14-9(10)4-6/h6-7H,3-4,13H2,1-2H3/t6-,7+/m1/s1. The molecular weight excluding hydrogens is 192 g/mol. The minimum absolute atomic E-state index is 0.497. The number of nitriles is 1. The van der Waals surface area contributed by atoms with E-state index in [2.05, 4.69) is 19.9 Å². The minimum atomic E-state index is 0.497. The summed E-state index contributed by atoms with van der Waals surface area (Å²) in [6, 6.07) is 2.23. The molecule has 0 radical (unpaired) electrons. The number of fused-ring (bicyclic) bond motifs is 1. The van der Waals surface area contributed by atoms with Gasteiger partial charge in [-0.15, -0.1) is 11.3 Å². The van der Waals surface area contributed by atoms with Crippen LogP contribution in [-0.4, -0.2) is 0 Å². The predicted octanol–water partition coefficient (Wildman–Crippen LogP) is 2.89. The molecule has 0 saturated carbocycles. The van der Waals surface area contributed by atoms with Crippen molar-refractivity contribution < 1.29 is 0 Å². The fourth-order valence-corrected chi connectivity index (χ4v) is 3.72. The lowest BCUT2D eigenvalue weighted by molar-refractivity contribution is 0.455. The average Bonchev–Trinajstić information content (AvgIpc) is 2.40. The number of thiophene rings is 1. The van der Waals surface area contributed by atoms with Gasteiger partial charge >= 0.3 is 0 Å². The van der Waals surface area contributed by atoms with E-state index in [0.717, 1.165) is 17.9 Å². The monoisotopic (exact) mass is 206 g/mol. The second kappa shape index (κ2) is 3.29. The molecule has 0 fully saturated rings. The zero-order valence-electron chi connectivity index (χ0n) is 8.50. The van der Waals surface area contributed by atoms with E-state index in [1.54, 1.807) is 11.3 Å². The lowest BCUT2D eigenvalue weighted by Crippen LogP contribution is -2.13. The van der Waals surface area contributed by atoms with Gasteiger partial charge in [0.2, 0.25) is 0 Å². The Balaban J connectivity index is 2.55. The summed E-state index contributed by atoms with van der Waals surface area (Å²) in [5.41, 5.74) is 7.81. The second-order valence-corrected chi connectivity index (χ2v) is 5.37. The molecule has 0 amide bonds. The average molecular weight is 206 g/mol. The summed E-state index contributed by atoms with van der Waals surface area (Å²) in [5.74, 6) is 1.22. The van der Waals surface area contributed by atoms with Crippen LogP contribution in [0.1, 0.15) is 42.2 Å². The van der Waals surface area contributed by atoms with Crippen LogP contribution >= 0.6 is 11.3 Å². The first-order chi connectivity index (χ1) is 6.63. The van der Waals surface area contributed by atoms with Gasteiger partial charge < -0.3 is 5.73 Å². The van der Waals surface area contributed by atoms with E-state index in [9.17, 15) is 0 Å². The Morgan fingerprint density at radius 1 is 1.50 bits per heavy atom. The molecule has 1 aliphatic carbocycles. The number of nitrogens with zero attached hydrogens (tertiary/aromatic N) is 1. The second-order valence-electron chi connectivity index (χ2n) is 4.24. The number of hydrogen-bond donors (Lipinski definition) is 1. The Morgan fingerprint density at radius 2 is 2.21 bits per heavy atom. The van der Waals surface area contributed by atoms with E-state index >= 15 is 0 Å². The summed E-state index contributed by atoms with van der Waals surface area (Å²) in [4.78, 5) is 1.34. The van der Waals surface area contributed by atoms with Gasteiger partial charge in [-0.3, -0.25) is 0 Å². The molecule has 14 heavy (non-hydrogen) atoms. The molecule has 2 nitrogen and oxygen atoms in total. The van der Waals surface area contributed by atoms with Crippen LogP contribution in [0.25, 0.3) is 0 Å². The highest BCUT2D eigenvalue weighted by Crippen LogP contribution is 2.43. The topological polar surface area (TPSA) is 49.8 Å². The Labute approximate surface area is 88.4 Å². The van der Waals surface area contributed by atoms with Crippen molar-refractivity contribution in [2.45, 2.75) is 32.6 Å². The van der Waals surface area contributed by atoms with Gasteiger partial charge in [-0.05, 0) is 30.2 Å². The number of anilines is 1. The molecule has 0 saturated heterocycles. The van der Waals surface area contributed by atoms with Crippen LogP contribution in [0.5, 0.6) is 0 Å². The smallest absolute Gasteiger partial charge is 0.104 e. The van der Waals surface area contributed by atoms with E-state index < -0.39 is 0 Å². The fourth-order valence-electron chi connectivity index (χ4n) is 2.42. The molecule has 1 aromatic heterocycles. The maximum absolute atomic E-state index is 9.02. The Bertz CT molecular complexity index is 400. The molecule has 1 aliphatic rings. The van der Waals surface area contributed by atoms with Gasteiger partial charge in [0.25, 0.3) is 0 Å². The van der Waals surface area contributed by atoms with Crippen molar-refractivity contribution in [1.29, 1.82) is 5.26 Å². The largest absolute Gasteiger partial charge is 0.389 e.